The highest BCUT2D eigenvalue weighted by Gasteiger charge is 2.15. The SMILES string of the molecule is CN=C(NCCCOCC1CCOC1)NCCCN(C)c1ccccc1. The van der Waals surface area contributed by atoms with E-state index >= 15 is 0 Å². The van der Waals surface area contributed by atoms with Crippen molar-refractivity contribution in [2.75, 3.05) is 65.1 Å². The van der Waals surface area contributed by atoms with Gasteiger partial charge in [-0.1, -0.05) is 18.2 Å². The Hall–Kier alpha value is -1.79. The largest absolute Gasteiger partial charge is 0.381 e. The molecule has 146 valence electrons. The van der Waals surface area contributed by atoms with Crippen molar-refractivity contribution in [3.63, 3.8) is 0 Å². The molecule has 0 bridgehead atoms. The number of guanidine groups is 1. The lowest BCUT2D eigenvalue weighted by molar-refractivity contribution is 0.0888. The lowest BCUT2D eigenvalue weighted by Crippen LogP contribution is -2.39. The fraction of sp³-hybridized carbons (Fsp3) is 0.650. The maximum atomic E-state index is 5.71. The molecule has 1 aliphatic rings. The Morgan fingerprint density at radius 1 is 1.23 bits per heavy atom. The van der Waals surface area contributed by atoms with E-state index in [0.29, 0.717) is 5.92 Å². The van der Waals surface area contributed by atoms with Gasteiger partial charge in [0.2, 0.25) is 0 Å². The van der Waals surface area contributed by atoms with Crippen molar-refractivity contribution in [1.82, 2.24) is 10.6 Å². The minimum atomic E-state index is 0.589. The molecule has 0 amide bonds. The number of nitrogens with zero attached hydrogens (tertiary/aromatic N) is 2. The first-order valence-corrected chi connectivity index (χ1v) is 9.66. The smallest absolute Gasteiger partial charge is 0.190 e. The molecule has 1 aromatic rings. The van der Waals surface area contributed by atoms with Gasteiger partial charge in [-0.15, -0.1) is 0 Å². The van der Waals surface area contributed by atoms with Gasteiger partial charge in [0.15, 0.2) is 5.96 Å². The maximum Gasteiger partial charge on any atom is 0.190 e. The second-order valence-electron chi connectivity index (χ2n) is 6.69. The zero-order valence-electron chi connectivity index (χ0n) is 16.2. The first-order chi connectivity index (χ1) is 12.8. The van der Waals surface area contributed by atoms with Crippen LogP contribution in [-0.2, 0) is 9.47 Å². The van der Waals surface area contributed by atoms with Gasteiger partial charge in [-0.05, 0) is 31.4 Å². The molecule has 1 fully saturated rings. The monoisotopic (exact) mass is 362 g/mol. The van der Waals surface area contributed by atoms with E-state index in [0.717, 1.165) is 71.3 Å². The summed E-state index contributed by atoms with van der Waals surface area (Å²) in [6, 6.07) is 10.5. The van der Waals surface area contributed by atoms with Gasteiger partial charge in [-0.2, -0.15) is 0 Å². The highest BCUT2D eigenvalue weighted by molar-refractivity contribution is 5.79. The fourth-order valence-electron chi connectivity index (χ4n) is 2.90. The topological polar surface area (TPSA) is 58.1 Å². The summed E-state index contributed by atoms with van der Waals surface area (Å²) >= 11 is 0. The Morgan fingerprint density at radius 2 is 2.00 bits per heavy atom. The molecule has 1 unspecified atom stereocenters. The van der Waals surface area contributed by atoms with Gasteiger partial charge >= 0.3 is 0 Å². The lowest BCUT2D eigenvalue weighted by Gasteiger charge is -2.19. The van der Waals surface area contributed by atoms with Crippen molar-refractivity contribution in [2.24, 2.45) is 10.9 Å². The highest BCUT2D eigenvalue weighted by atomic mass is 16.5. The van der Waals surface area contributed by atoms with E-state index < -0.39 is 0 Å². The van der Waals surface area contributed by atoms with E-state index in [1.165, 1.54) is 5.69 Å². The number of rotatable bonds is 11. The van der Waals surface area contributed by atoms with Crippen LogP contribution in [0.4, 0.5) is 5.69 Å². The quantitative estimate of drug-likeness (QED) is 0.359. The number of hydrogen-bond donors (Lipinski definition) is 2. The van der Waals surface area contributed by atoms with Crippen LogP contribution >= 0.6 is 0 Å². The number of ether oxygens (including phenoxy) is 2. The van der Waals surface area contributed by atoms with Crippen LogP contribution < -0.4 is 15.5 Å². The molecule has 1 atom stereocenters. The van der Waals surface area contributed by atoms with E-state index in [2.05, 4.69) is 51.8 Å². The zero-order valence-corrected chi connectivity index (χ0v) is 16.2. The summed E-state index contributed by atoms with van der Waals surface area (Å²) in [5.41, 5.74) is 1.25. The number of hydrogen-bond acceptors (Lipinski definition) is 4. The van der Waals surface area contributed by atoms with Gasteiger partial charge in [0.25, 0.3) is 0 Å². The Bertz CT molecular complexity index is 504. The third-order valence-electron chi connectivity index (χ3n) is 4.52. The van der Waals surface area contributed by atoms with E-state index in [9.17, 15) is 0 Å². The summed E-state index contributed by atoms with van der Waals surface area (Å²) in [6.45, 7) is 6.11. The summed E-state index contributed by atoms with van der Waals surface area (Å²) < 4.78 is 11.1. The summed E-state index contributed by atoms with van der Waals surface area (Å²) in [7, 11) is 3.93. The molecule has 2 N–H and O–H groups in total. The third-order valence-corrected chi connectivity index (χ3v) is 4.52. The average Bonchev–Trinajstić information content (AvgIpc) is 3.20. The van der Waals surface area contributed by atoms with Crippen LogP contribution in [0.5, 0.6) is 0 Å². The summed E-state index contributed by atoms with van der Waals surface area (Å²) in [5, 5.41) is 6.71. The molecule has 1 heterocycles. The van der Waals surface area contributed by atoms with Gasteiger partial charge in [0.1, 0.15) is 0 Å². The number of benzene rings is 1. The van der Waals surface area contributed by atoms with E-state index in [-0.39, 0.29) is 0 Å². The van der Waals surface area contributed by atoms with Crippen molar-refractivity contribution in [3.05, 3.63) is 30.3 Å². The van der Waals surface area contributed by atoms with Crippen LogP contribution in [0.1, 0.15) is 19.3 Å². The molecule has 26 heavy (non-hydrogen) atoms. The lowest BCUT2D eigenvalue weighted by atomic mass is 10.1. The molecule has 0 saturated carbocycles. The molecule has 0 radical (unpaired) electrons. The van der Waals surface area contributed by atoms with Gasteiger partial charge < -0.3 is 25.0 Å². The molecule has 2 rings (SSSR count). The second kappa shape index (κ2) is 12.5. The summed E-state index contributed by atoms with van der Waals surface area (Å²) in [5.74, 6) is 1.45. The Morgan fingerprint density at radius 3 is 2.69 bits per heavy atom. The number of aliphatic imine (C=N–C) groups is 1. The molecule has 1 aromatic carbocycles. The predicted molar refractivity (Wildman–Crippen MR) is 108 cm³/mol. The minimum absolute atomic E-state index is 0.589. The molecular weight excluding hydrogens is 328 g/mol. The molecule has 0 aliphatic carbocycles. The van der Waals surface area contributed by atoms with Crippen LogP contribution in [0.15, 0.2) is 35.3 Å². The Balaban J connectivity index is 1.47. The van der Waals surface area contributed by atoms with Crippen LogP contribution in [-0.4, -0.2) is 66.1 Å². The van der Waals surface area contributed by atoms with Gasteiger partial charge in [0.05, 0.1) is 13.2 Å². The summed E-state index contributed by atoms with van der Waals surface area (Å²) in [4.78, 5) is 6.54. The zero-order chi connectivity index (χ0) is 18.5. The maximum absolute atomic E-state index is 5.71. The molecule has 0 spiro atoms. The van der Waals surface area contributed by atoms with Crippen molar-refractivity contribution < 1.29 is 9.47 Å². The van der Waals surface area contributed by atoms with Crippen molar-refractivity contribution in [3.8, 4) is 0 Å². The molecule has 6 heteroatoms. The first kappa shape index (κ1) is 20.5. The third kappa shape index (κ3) is 8.06. The van der Waals surface area contributed by atoms with Crippen molar-refractivity contribution in [1.29, 1.82) is 0 Å². The first-order valence-electron chi connectivity index (χ1n) is 9.66. The second-order valence-corrected chi connectivity index (χ2v) is 6.69. The number of para-hydroxylation sites is 1. The molecule has 1 aliphatic heterocycles. The number of nitrogens with one attached hydrogen (secondary N) is 2. The predicted octanol–water partition coefficient (Wildman–Crippen LogP) is 2.12. The fourth-order valence-corrected chi connectivity index (χ4v) is 2.90. The van der Waals surface area contributed by atoms with Crippen LogP contribution in [0.25, 0.3) is 0 Å². The van der Waals surface area contributed by atoms with Crippen molar-refractivity contribution >= 4 is 11.6 Å². The molecule has 0 aromatic heterocycles. The Labute approximate surface area is 158 Å². The summed E-state index contributed by atoms with van der Waals surface area (Å²) in [6.07, 6.45) is 3.16. The van der Waals surface area contributed by atoms with Crippen LogP contribution in [0, 0.1) is 5.92 Å². The van der Waals surface area contributed by atoms with Crippen LogP contribution in [0.2, 0.25) is 0 Å². The van der Waals surface area contributed by atoms with E-state index in [4.69, 9.17) is 9.47 Å². The van der Waals surface area contributed by atoms with Gasteiger partial charge in [-0.25, -0.2) is 0 Å². The average molecular weight is 363 g/mol. The van der Waals surface area contributed by atoms with Gasteiger partial charge in [-0.3, -0.25) is 4.99 Å². The highest BCUT2D eigenvalue weighted by Crippen LogP contribution is 2.12. The minimum Gasteiger partial charge on any atom is -0.381 e. The molecule has 1 saturated heterocycles. The number of anilines is 1. The molecule has 6 nitrogen and oxygen atoms in total. The van der Waals surface area contributed by atoms with Gasteiger partial charge in [0, 0.05) is 58.5 Å². The standard InChI is InChI=1S/C20H34N4O2/c1-21-20(23-12-7-14-25-16-18-10-15-26-17-18)22-11-6-13-24(2)19-8-4-3-5-9-19/h3-5,8-9,18H,6-7,10-17H2,1-2H3,(H2,21,22,23). The van der Waals surface area contributed by atoms with E-state index in [1.54, 1.807) is 0 Å². The van der Waals surface area contributed by atoms with Crippen LogP contribution in [0.3, 0.4) is 0 Å². The molecular formula is C20H34N4O2. The normalized spacial score (nSPS) is 17.3. The van der Waals surface area contributed by atoms with E-state index in [1.807, 2.05) is 13.1 Å². The van der Waals surface area contributed by atoms with Crippen molar-refractivity contribution in [2.45, 2.75) is 19.3 Å². The Kier molecular flexibility index (Phi) is 9.90.